The third-order valence-corrected chi connectivity index (χ3v) is 2.13. The summed E-state index contributed by atoms with van der Waals surface area (Å²) in [5, 5.41) is 6.89. The SMILES string of the molecule is Cc1nc(C2CCC(C)O2)n[nH]1. The Morgan fingerprint density at radius 2 is 2.33 bits per heavy atom. The number of rotatable bonds is 1. The number of nitrogens with zero attached hydrogens (tertiary/aromatic N) is 2. The van der Waals surface area contributed by atoms with Crippen molar-refractivity contribution in [1.82, 2.24) is 15.2 Å². The maximum Gasteiger partial charge on any atom is 0.179 e. The Kier molecular flexibility index (Phi) is 1.84. The lowest BCUT2D eigenvalue weighted by Crippen LogP contribution is -2.02. The summed E-state index contributed by atoms with van der Waals surface area (Å²) in [6.45, 7) is 3.98. The van der Waals surface area contributed by atoms with E-state index >= 15 is 0 Å². The molecule has 1 N–H and O–H groups in total. The van der Waals surface area contributed by atoms with E-state index in [9.17, 15) is 0 Å². The van der Waals surface area contributed by atoms with Crippen LogP contribution in [0.15, 0.2) is 0 Å². The molecule has 0 spiro atoms. The van der Waals surface area contributed by atoms with E-state index < -0.39 is 0 Å². The fourth-order valence-electron chi connectivity index (χ4n) is 1.50. The zero-order valence-corrected chi connectivity index (χ0v) is 7.37. The highest BCUT2D eigenvalue weighted by molar-refractivity contribution is 4.94. The first-order valence-electron chi connectivity index (χ1n) is 4.30. The van der Waals surface area contributed by atoms with Crippen LogP contribution in [0.4, 0.5) is 0 Å². The third kappa shape index (κ3) is 1.34. The largest absolute Gasteiger partial charge is 0.367 e. The van der Waals surface area contributed by atoms with Gasteiger partial charge in [0.1, 0.15) is 11.9 Å². The molecule has 1 fully saturated rings. The van der Waals surface area contributed by atoms with Gasteiger partial charge in [0.15, 0.2) is 5.82 Å². The fourth-order valence-corrected chi connectivity index (χ4v) is 1.50. The predicted molar refractivity (Wildman–Crippen MR) is 43.6 cm³/mol. The molecule has 1 aliphatic rings. The van der Waals surface area contributed by atoms with Gasteiger partial charge in [0.2, 0.25) is 0 Å². The minimum Gasteiger partial charge on any atom is -0.367 e. The van der Waals surface area contributed by atoms with Gasteiger partial charge in [-0.05, 0) is 26.7 Å². The van der Waals surface area contributed by atoms with Gasteiger partial charge in [0.05, 0.1) is 6.10 Å². The zero-order chi connectivity index (χ0) is 8.55. The van der Waals surface area contributed by atoms with Crippen LogP contribution in [0.5, 0.6) is 0 Å². The van der Waals surface area contributed by atoms with Gasteiger partial charge < -0.3 is 4.74 Å². The Hall–Kier alpha value is -0.900. The number of aromatic nitrogens is 3. The summed E-state index contributed by atoms with van der Waals surface area (Å²) in [5.74, 6) is 1.66. The predicted octanol–water partition coefficient (Wildman–Crippen LogP) is 1.35. The lowest BCUT2D eigenvalue weighted by molar-refractivity contribution is 0.0505. The Morgan fingerprint density at radius 3 is 2.83 bits per heavy atom. The van der Waals surface area contributed by atoms with Gasteiger partial charge >= 0.3 is 0 Å². The van der Waals surface area contributed by atoms with Gasteiger partial charge in [-0.2, -0.15) is 5.10 Å². The topological polar surface area (TPSA) is 50.8 Å². The second-order valence-electron chi connectivity index (χ2n) is 3.29. The molecule has 2 heterocycles. The van der Waals surface area contributed by atoms with Crippen molar-refractivity contribution < 1.29 is 4.74 Å². The third-order valence-electron chi connectivity index (χ3n) is 2.13. The molecule has 0 radical (unpaired) electrons. The maximum absolute atomic E-state index is 5.62. The van der Waals surface area contributed by atoms with Crippen LogP contribution >= 0.6 is 0 Å². The van der Waals surface area contributed by atoms with E-state index in [0.717, 1.165) is 24.5 Å². The van der Waals surface area contributed by atoms with Crippen LogP contribution in [0.2, 0.25) is 0 Å². The van der Waals surface area contributed by atoms with Crippen LogP contribution in [0.1, 0.15) is 37.5 Å². The first-order chi connectivity index (χ1) is 5.75. The van der Waals surface area contributed by atoms with Crippen molar-refractivity contribution in [3.63, 3.8) is 0 Å². The summed E-state index contributed by atoms with van der Waals surface area (Å²) >= 11 is 0. The van der Waals surface area contributed by atoms with Crippen LogP contribution in [0.25, 0.3) is 0 Å². The van der Waals surface area contributed by atoms with Gasteiger partial charge in [0.25, 0.3) is 0 Å². The molecule has 0 bridgehead atoms. The first-order valence-corrected chi connectivity index (χ1v) is 4.30. The summed E-state index contributed by atoms with van der Waals surface area (Å²) in [6.07, 6.45) is 2.62. The van der Waals surface area contributed by atoms with Gasteiger partial charge in [-0.3, -0.25) is 5.10 Å². The minimum atomic E-state index is 0.116. The standard InChI is InChI=1S/C8H13N3O/c1-5-3-4-7(12-5)8-9-6(2)10-11-8/h5,7H,3-4H2,1-2H3,(H,9,10,11). The molecule has 0 aromatic carbocycles. The summed E-state index contributed by atoms with van der Waals surface area (Å²) < 4.78 is 5.62. The molecular weight excluding hydrogens is 154 g/mol. The molecule has 1 aliphatic heterocycles. The van der Waals surface area contributed by atoms with Gasteiger partial charge in [-0.15, -0.1) is 0 Å². The normalized spacial score (nSPS) is 29.5. The van der Waals surface area contributed by atoms with E-state index in [1.54, 1.807) is 0 Å². The van der Waals surface area contributed by atoms with E-state index in [1.807, 2.05) is 6.92 Å². The van der Waals surface area contributed by atoms with Crippen molar-refractivity contribution in [2.24, 2.45) is 0 Å². The number of H-pyrrole nitrogens is 1. The van der Waals surface area contributed by atoms with Crippen molar-refractivity contribution in [1.29, 1.82) is 0 Å². The average Bonchev–Trinajstić information content (AvgIpc) is 2.58. The van der Waals surface area contributed by atoms with Crippen molar-refractivity contribution in [2.45, 2.75) is 38.9 Å². The Labute approximate surface area is 71.3 Å². The number of aromatic amines is 1. The molecule has 4 heteroatoms. The van der Waals surface area contributed by atoms with E-state index in [4.69, 9.17) is 4.74 Å². The molecule has 2 unspecified atom stereocenters. The number of aryl methyl sites for hydroxylation is 1. The highest BCUT2D eigenvalue weighted by Gasteiger charge is 2.26. The van der Waals surface area contributed by atoms with Crippen molar-refractivity contribution in [2.75, 3.05) is 0 Å². The molecule has 1 saturated heterocycles. The summed E-state index contributed by atoms with van der Waals surface area (Å²) in [4.78, 5) is 4.24. The summed E-state index contributed by atoms with van der Waals surface area (Å²) in [6, 6.07) is 0. The molecule has 0 aliphatic carbocycles. The molecule has 0 saturated carbocycles. The molecular formula is C8H13N3O. The van der Waals surface area contributed by atoms with Crippen LogP contribution < -0.4 is 0 Å². The first kappa shape index (κ1) is 7.73. The van der Waals surface area contributed by atoms with E-state index in [0.29, 0.717) is 6.10 Å². The monoisotopic (exact) mass is 167 g/mol. The smallest absolute Gasteiger partial charge is 0.179 e. The van der Waals surface area contributed by atoms with Crippen molar-refractivity contribution in [3.8, 4) is 0 Å². The molecule has 2 rings (SSSR count). The number of hydrogen-bond acceptors (Lipinski definition) is 3. The molecule has 12 heavy (non-hydrogen) atoms. The zero-order valence-electron chi connectivity index (χ0n) is 7.37. The number of ether oxygens (including phenoxy) is 1. The second kappa shape index (κ2) is 2.86. The lowest BCUT2D eigenvalue weighted by Gasteiger charge is -2.05. The molecule has 0 amide bonds. The second-order valence-corrected chi connectivity index (χ2v) is 3.29. The van der Waals surface area contributed by atoms with Gasteiger partial charge in [0, 0.05) is 0 Å². The molecule has 1 aromatic rings. The number of hydrogen-bond donors (Lipinski definition) is 1. The highest BCUT2D eigenvalue weighted by Crippen LogP contribution is 2.29. The highest BCUT2D eigenvalue weighted by atomic mass is 16.5. The summed E-state index contributed by atoms with van der Waals surface area (Å²) in [7, 11) is 0. The average molecular weight is 167 g/mol. The summed E-state index contributed by atoms with van der Waals surface area (Å²) in [5.41, 5.74) is 0. The van der Waals surface area contributed by atoms with Crippen LogP contribution in [-0.4, -0.2) is 21.3 Å². The number of nitrogens with one attached hydrogen (secondary N) is 1. The Balaban J connectivity index is 2.11. The lowest BCUT2D eigenvalue weighted by atomic mass is 10.2. The fraction of sp³-hybridized carbons (Fsp3) is 0.750. The van der Waals surface area contributed by atoms with Gasteiger partial charge in [-0.1, -0.05) is 0 Å². The Morgan fingerprint density at radius 1 is 1.50 bits per heavy atom. The van der Waals surface area contributed by atoms with E-state index in [-0.39, 0.29) is 6.10 Å². The maximum atomic E-state index is 5.62. The van der Waals surface area contributed by atoms with Gasteiger partial charge in [-0.25, -0.2) is 4.98 Å². The van der Waals surface area contributed by atoms with E-state index in [2.05, 4.69) is 22.1 Å². The van der Waals surface area contributed by atoms with Crippen molar-refractivity contribution in [3.05, 3.63) is 11.6 Å². The van der Waals surface area contributed by atoms with Crippen LogP contribution in [0.3, 0.4) is 0 Å². The van der Waals surface area contributed by atoms with Crippen LogP contribution in [0, 0.1) is 6.92 Å². The van der Waals surface area contributed by atoms with E-state index in [1.165, 1.54) is 0 Å². The molecule has 1 aromatic heterocycles. The molecule has 66 valence electrons. The quantitative estimate of drug-likeness (QED) is 0.687. The molecule has 2 atom stereocenters. The molecule has 4 nitrogen and oxygen atoms in total. The Bertz CT molecular complexity index is 271. The van der Waals surface area contributed by atoms with Crippen molar-refractivity contribution >= 4 is 0 Å². The van der Waals surface area contributed by atoms with Crippen LogP contribution in [-0.2, 0) is 4.74 Å². The minimum absolute atomic E-state index is 0.116.